The summed E-state index contributed by atoms with van der Waals surface area (Å²) in [5, 5.41) is 5.17. The number of nitrogens with one attached hydrogen (secondary N) is 2. The van der Waals surface area contributed by atoms with Crippen LogP contribution >= 0.6 is 0 Å². The van der Waals surface area contributed by atoms with Gasteiger partial charge in [0.15, 0.2) is 0 Å². The molecule has 0 spiro atoms. The SMILES string of the molecule is COC(=O)Nc1ccc(C(=O)NC(C[C@@H]2CCCO2)C(=O)OC)cc1. The zero-order valence-electron chi connectivity index (χ0n) is 14.2. The van der Waals surface area contributed by atoms with Crippen LogP contribution in [0.3, 0.4) is 0 Å². The van der Waals surface area contributed by atoms with E-state index in [-0.39, 0.29) is 6.10 Å². The number of carbonyl (C=O) groups excluding carboxylic acids is 3. The molecule has 1 aliphatic heterocycles. The van der Waals surface area contributed by atoms with Crippen molar-refractivity contribution in [2.45, 2.75) is 31.4 Å². The highest BCUT2D eigenvalue weighted by Gasteiger charge is 2.28. The Bertz CT molecular complexity index is 610. The van der Waals surface area contributed by atoms with Crippen LogP contribution in [0.2, 0.25) is 0 Å². The summed E-state index contributed by atoms with van der Waals surface area (Å²) in [4.78, 5) is 35.4. The molecule has 2 N–H and O–H groups in total. The Morgan fingerprint density at radius 3 is 2.48 bits per heavy atom. The molecule has 0 aromatic heterocycles. The third-order valence-corrected chi connectivity index (χ3v) is 3.89. The van der Waals surface area contributed by atoms with E-state index in [1.54, 1.807) is 24.3 Å². The van der Waals surface area contributed by atoms with Gasteiger partial charge in [-0.1, -0.05) is 0 Å². The van der Waals surface area contributed by atoms with Gasteiger partial charge in [0, 0.05) is 24.3 Å². The summed E-state index contributed by atoms with van der Waals surface area (Å²) >= 11 is 0. The normalized spacial score (nSPS) is 17.4. The Morgan fingerprint density at radius 1 is 1.20 bits per heavy atom. The molecule has 1 aromatic rings. The average molecular weight is 350 g/mol. The lowest BCUT2D eigenvalue weighted by Crippen LogP contribution is -2.43. The molecule has 1 aromatic carbocycles. The number of ether oxygens (including phenoxy) is 3. The van der Waals surface area contributed by atoms with Gasteiger partial charge in [0.1, 0.15) is 6.04 Å². The number of methoxy groups -OCH3 is 2. The Kier molecular flexibility index (Phi) is 6.76. The molecule has 1 fully saturated rings. The van der Waals surface area contributed by atoms with E-state index in [1.165, 1.54) is 14.2 Å². The van der Waals surface area contributed by atoms with Crippen molar-refractivity contribution in [3.63, 3.8) is 0 Å². The van der Waals surface area contributed by atoms with Gasteiger partial charge in [-0.25, -0.2) is 9.59 Å². The van der Waals surface area contributed by atoms with Crippen LogP contribution in [-0.2, 0) is 19.0 Å². The van der Waals surface area contributed by atoms with E-state index in [2.05, 4.69) is 15.4 Å². The summed E-state index contributed by atoms with van der Waals surface area (Å²) in [5.74, 6) is -0.911. The molecule has 1 heterocycles. The van der Waals surface area contributed by atoms with E-state index in [4.69, 9.17) is 9.47 Å². The number of benzene rings is 1. The van der Waals surface area contributed by atoms with Gasteiger partial charge in [-0.15, -0.1) is 0 Å². The Hall–Kier alpha value is -2.61. The largest absolute Gasteiger partial charge is 0.467 e. The maximum Gasteiger partial charge on any atom is 0.411 e. The lowest BCUT2D eigenvalue weighted by molar-refractivity contribution is -0.143. The van der Waals surface area contributed by atoms with E-state index in [1.807, 2.05) is 0 Å². The summed E-state index contributed by atoms with van der Waals surface area (Å²) in [7, 11) is 2.54. The van der Waals surface area contributed by atoms with Crippen LogP contribution in [0.15, 0.2) is 24.3 Å². The molecular weight excluding hydrogens is 328 g/mol. The third kappa shape index (κ3) is 5.46. The number of hydrogen-bond donors (Lipinski definition) is 2. The Morgan fingerprint density at radius 2 is 1.92 bits per heavy atom. The van der Waals surface area contributed by atoms with Crippen molar-refractivity contribution in [3.05, 3.63) is 29.8 Å². The smallest absolute Gasteiger partial charge is 0.411 e. The molecule has 8 nitrogen and oxygen atoms in total. The second-order valence-electron chi connectivity index (χ2n) is 5.61. The van der Waals surface area contributed by atoms with E-state index >= 15 is 0 Å². The zero-order valence-corrected chi connectivity index (χ0v) is 14.2. The van der Waals surface area contributed by atoms with Crippen molar-refractivity contribution in [3.8, 4) is 0 Å². The minimum Gasteiger partial charge on any atom is -0.467 e. The predicted molar refractivity (Wildman–Crippen MR) is 89.3 cm³/mol. The van der Waals surface area contributed by atoms with Crippen molar-refractivity contribution in [1.82, 2.24) is 5.32 Å². The molecule has 8 heteroatoms. The molecule has 0 aliphatic carbocycles. The van der Waals surface area contributed by atoms with Gasteiger partial charge in [-0.3, -0.25) is 10.1 Å². The summed E-state index contributed by atoms with van der Waals surface area (Å²) in [6.07, 6.45) is 1.52. The first kappa shape index (κ1) is 18.7. The van der Waals surface area contributed by atoms with Crippen LogP contribution in [0.1, 0.15) is 29.6 Å². The fourth-order valence-corrected chi connectivity index (χ4v) is 2.56. The number of amides is 2. The van der Waals surface area contributed by atoms with Crippen molar-refractivity contribution >= 4 is 23.7 Å². The molecule has 0 bridgehead atoms. The standard InChI is InChI=1S/C17H22N2O6/c1-23-16(21)14(10-13-4-3-9-25-13)19-15(20)11-5-7-12(8-6-11)18-17(22)24-2/h5-8,13-14H,3-4,9-10H2,1-2H3,(H,18,22)(H,19,20)/t13-,14?/m0/s1. The first-order valence-electron chi connectivity index (χ1n) is 7.98. The molecular formula is C17H22N2O6. The van der Waals surface area contributed by atoms with Crippen LogP contribution in [0, 0.1) is 0 Å². The number of carbonyl (C=O) groups is 3. The van der Waals surface area contributed by atoms with E-state index in [9.17, 15) is 14.4 Å². The number of anilines is 1. The van der Waals surface area contributed by atoms with Gasteiger partial charge in [0.25, 0.3) is 5.91 Å². The third-order valence-electron chi connectivity index (χ3n) is 3.89. The van der Waals surface area contributed by atoms with Crippen molar-refractivity contribution < 1.29 is 28.6 Å². The maximum atomic E-state index is 12.4. The second-order valence-corrected chi connectivity index (χ2v) is 5.61. The topological polar surface area (TPSA) is 103 Å². The highest BCUT2D eigenvalue weighted by molar-refractivity contribution is 5.97. The summed E-state index contributed by atoms with van der Waals surface area (Å²) in [6.45, 7) is 0.668. The van der Waals surface area contributed by atoms with Gasteiger partial charge in [-0.05, 0) is 37.1 Å². The summed E-state index contributed by atoms with van der Waals surface area (Å²) in [5.41, 5.74) is 0.851. The van der Waals surface area contributed by atoms with Gasteiger partial charge in [-0.2, -0.15) is 0 Å². The average Bonchev–Trinajstić information content (AvgIpc) is 3.14. The van der Waals surface area contributed by atoms with Crippen molar-refractivity contribution in [2.24, 2.45) is 0 Å². The zero-order chi connectivity index (χ0) is 18.2. The van der Waals surface area contributed by atoms with Crippen molar-refractivity contribution in [1.29, 1.82) is 0 Å². The number of hydrogen-bond acceptors (Lipinski definition) is 6. The molecule has 0 saturated carbocycles. The molecule has 2 amide bonds. The molecule has 25 heavy (non-hydrogen) atoms. The maximum absolute atomic E-state index is 12.4. The highest BCUT2D eigenvalue weighted by Crippen LogP contribution is 2.18. The van der Waals surface area contributed by atoms with Gasteiger partial charge < -0.3 is 19.5 Å². The number of rotatable bonds is 6. The summed E-state index contributed by atoms with van der Waals surface area (Å²) in [6, 6.07) is 5.45. The molecule has 136 valence electrons. The molecule has 2 rings (SSSR count). The molecule has 1 unspecified atom stereocenters. The van der Waals surface area contributed by atoms with Gasteiger partial charge >= 0.3 is 12.1 Å². The van der Waals surface area contributed by atoms with Crippen LogP contribution in [0.5, 0.6) is 0 Å². The minimum absolute atomic E-state index is 0.0592. The van der Waals surface area contributed by atoms with Crippen LogP contribution in [0.4, 0.5) is 10.5 Å². The monoisotopic (exact) mass is 350 g/mol. The first-order chi connectivity index (χ1) is 12.0. The van der Waals surface area contributed by atoms with Gasteiger partial charge in [0.2, 0.25) is 0 Å². The quantitative estimate of drug-likeness (QED) is 0.757. The second kappa shape index (κ2) is 9.03. The lowest BCUT2D eigenvalue weighted by Gasteiger charge is -2.19. The lowest BCUT2D eigenvalue weighted by atomic mass is 10.1. The van der Waals surface area contributed by atoms with Crippen LogP contribution in [-0.4, -0.2) is 50.9 Å². The molecule has 1 aliphatic rings. The number of esters is 1. The van der Waals surface area contributed by atoms with Crippen LogP contribution < -0.4 is 10.6 Å². The van der Waals surface area contributed by atoms with Gasteiger partial charge in [0.05, 0.1) is 20.3 Å². The van der Waals surface area contributed by atoms with Crippen molar-refractivity contribution in [2.75, 3.05) is 26.1 Å². The van der Waals surface area contributed by atoms with E-state index in [0.717, 1.165) is 12.8 Å². The van der Waals surface area contributed by atoms with E-state index in [0.29, 0.717) is 24.3 Å². The predicted octanol–water partition coefficient (Wildman–Crippen LogP) is 1.71. The molecule has 2 atom stereocenters. The Balaban J connectivity index is 1.99. The first-order valence-corrected chi connectivity index (χ1v) is 7.98. The molecule has 0 radical (unpaired) electrons. The molecule has 1 saturated heterocycles. The fraction of sp³-hybridized carbons (Fsp3) is 0.471. The highest BCUT2D eigenvalue weighted by atomic mass is 16.5. The fourth-order valence-electron chi connectivity index (χ4n) is 2.56. The minimum atomic E-state index is -0.770. The van der Waals surface area contributed by atoms with Crippen LogP contribution in [0.25, 0.3) is 0 Å². The summed E-state index contributed by atoms with van der Waals surface area (Å²) < 4.78 is 14.8. The van der Waals surface area contributed by atoms with E-state index < -0.39 is 24.0 Å². The Labute approximate surface area is 145 Å².